The molecule has 1 aromatic carbocycles. The highest BCUT2D eigenvalue weighted by Crippen LogP contribution is 2.30. The van der Waals surface area contributed by atoms with Crippen molar-refractivity contribution in [1.82, 2.24) is 15.5 Å². The van der Waals surface area contributed by atoms with Crippen LogP contribution in [0.3, 0.4) is 0 Å². The zero-order valence-corrected chi connectivity index (χ0v) is 15.7. The lowest BCUT2D eigenvalue weighted by molar-refractivity contribution is 0.0952. The summed E-state index contributed by atoms with van der Waals surface area (Å²) in [6, 6.07) is 9.86. The quantitative estimate of drug-likeness (QED) is 0.565. The van der Waals surface area contributed by atoms with E-state index in [1.807, 2.05) is 19.9 Å². The molecule has 6 nitrogen and oxygen atoms in total. The van der Waals surface area contributed by atoms with Gasteiger partial charge in [-0.2, -0.15) is 0 Å². The predicted octanol–water partition coefficient (Wildman–Crippen LogP) is 4.48. The Hall–Kier alpha value is -3.48. The highest BCUT2D eigenvalue weighted by molar-refractivity contribution is 6.07. The van der Waals surface area contributed by atoms with E-state index in [0.29, 0.717) is 33.7 Å². The molecule has 1 N–H and O–H groups in total. The number of nitrogens with one attached hydrogen (secondary N) is 1. The lowest BCUT2D eigenvalue weighted by Gasteiger charge is -2.08. The van der Waals surface area contributed by atoms with Crippen molar-refractivity contribution >= 4 is 17.0 Å². The van der Waals surface area contributed by atoms with Gasteiger partial charge in [-0.3, -0.25) is 4.79 Å². The largest absolute Gasteiger partial charge is 0.466 e. The second-order valence-electron chi connectivity index (χ2n) is 6.60. The van der Waals surface area contributed by atoms with Crippen molar-refractivity contribution in [2.45, 2.75) is 27.3 Å². The third-order valence-corrected chi connectivity index (χ3v) is 4.58. The highest BCUT2D eigenvalue weighted by Gasteiger charge is 2.21. The van der Waals surface area contributed by atoms with Gasteiger partial charge in [0.1, 0.15) is 17.3 Å². The summed E-state index contributed by atoms with van der Waals surface area (Å²) >= 11 is 0. The number of benzene rings is 1. The number of nitrogens with zero attached hydrogens (tertiary/aromatic N) is 2. The molecule has 0 unspecified atom stereocenters. The van der Waals surface area contributed by atoms with Gasteiger partial charge >= 0.3 is 0 Å². The van der Waals surface area contributed by atoms with Crippen LogP contribution in [0, 0.1) is 26.6 Å². The van der Waals surface area contributed by atoms with Crippen LogP contribution in [-0.2, 0) is 6.54 Å². The van der Waals surface area contributed by atoms with Crippen molar-refractivity contribution in [2.75, 3.05) is 0 Å². The summed E-state index contributed by atoms with van der Waals surface area (Å²) in [5.41, 5.74) is 2.93. The van der Waals surface area contributed by atoms with E-state index < -0.39 is 0 Å². The Balaban J connectivity index is 1.74. The SMILES string of the molecule is Cc1cc(-c2cc(C(=O)NCc3ccccc3F)c3c(C)noc3n2)c(C)o1. The van der Waals surface area contributed by atoms with Gasteiger partial charge < -0.3 is 14.3 Å². The predicted molar refractivity (Wildman–Crippen MR) is 101 cm³/mol. The van der Waals surface area contributed by atoms with E-state index in [2.05, 4.69) is 15.5 Å². The van der Waals surface area contributed by atoms with Crippen molar-refractivity contribution in [3.05, 3.63) is 70.6 Å². The number of aromatic nitrogens is 2. The molecule has 0 saturated carbocycles. The molecule has 28 heavy (non-hydrogen) atoms. The maximum atomic E-state index is 13.8. The molecule has 0 aliphatic rings. The first kappa shape index (κ1) is 17.9. The van der Waals surface area contributed by atoms with Crippen molar-refractivity contribution in [2.24, 2.45) is 0 Å². The van der Waals surface area contributed by atoms with E-state index in [9.17, 15) is 9.18 Å². The van der Waals surface area contributed by atoms with Gasteiger partial charge in [-0.25, -0.2) is 9.37 Å². The van der Waals surface area contributed by atoms with Gasteiger partial charge in [0.25, 0.3) is 11.6 Å². The summed E-state index contributed by atoms with van der Waals surface area (Å²) in [6.45, 7) is 5.49. The summed E-state index contributed by atoms with van der Waals surface area (Å²) in [5.74, 6) is 0.710. The summed E-state index contributed by atoms with van der Waals surface area (Å²) in [6.07, 6.45) is 0. The highest BCUT2D eigenvalue weighted by atomic mass is 19.1. The summed E-state index contributed by atoms with van der Waals surface area (Å²) < 4.78 is 24.7. The Morgan fingerprint density at radius 3 is 2.68 bits per heavy atom. The molecule has 3 aromatic heterocycles. The Bertz CT molecular complexity index is 1190. The topological polar surface area (TPSA) is 81.2 Å². The minimum absolute atomic E-state index is 0.0683. The third kappa shape index (κ3) is 3.15. The van der Waals surface area contributed by atoms with Crippen molar-refractivity contribution < 1.29 is 18.1 Å². The number of amides is 1. The van der Waals surface area contributed by atoms with E-state index in [-0.39, 0.29) is 24.0 Å². The Morgan fingerprint density at radius 2 is 1.96 bits per heavy atom. The molecule has 0 radical (unpaired) electrons. The lowest BCUT2D eigenvalue weighted by atomic mass is 10.1. The number of furan rings is 1. The molecular formula is C21H18FN3O3. The number of halogens is 1. The van der Waals surface area contributed by atoms with Gasteiger partial charge in [-0.05, 0) is 39.0 Å². The van der Waals surface area contributed by atoms with Gasteiger partial charge in [-0.1, -0.05) is 23.4 Å². The number of hydrogen-bond acceptors (Lipinski definition) is 5. The summed E-state index contributed by atoms with van der Waals surface area (Å²) in [7, 11) is 0. The fourth-order valence-corrected chi connectivity index (χ4v) is 3.21. The normalized spacial score (nSPS) is 11.1. The Labute approximate surface area is 160 Å². The van der Waals surface area contributed by atoms with Crippen LogP contribution >= 0.6 is 0 Å². The molecule has 0 atom stereocenters. The Morgan fingerprint density at radius 1 is 1.18 bits per heavy atom. The summed E-state index contributed by atoms with van der Waals surface area (Å²) in [5, 5.41) is 7.23. The maximum Gasteiger partial charge on any atom is 0.259 e. The molecule has 4 rings (SSSR count). The molecule has 0 saturated heterocycles. The number of carbonyl (C=O) groups excluding carboxylic acids is 1. The number of fused-ring (bicyclic) bond motifs is 1. The van der Waals surface area contributed by atoms with Crippen LogP contribution in [0.5, 0.6) is 0 Å². The van der Waals surface area contributed by atoms with E-state index in [0.717, 1.165) is 11.3 Å². The van der Waals surface area contributed by atoms with Crippen molar-refractivity contribution in [3.8, 4) is 11.3 Å². The molecule has 3 heterocycles. The van der Waals surface area contributed by atoms with Crippen LogP contribution in [0.25, 0.3) is 22.4 Å². The number of aryl methyl sites for hydroxylation is 3. The standard InChI is InChI=1S/C21H18FN3O3/c1-11-8-15(13(3)27-11)18-9-16(19-12(2)25-28-21(19)24-18)20(26)23-10-14-6-4-5-7-17(14)22/h4-9H,10H2,1-3H3,(H,23,26). The molecule has 7 heteroatoms. The smallest absolute Gasteiger partial charge is 0.259 e. The first-order chi connectivity index (χ1) is 13.4. The van der Waals surface area contributed by atoms with Crippen molar-refractivity contribution in [3.63, 3.8) is 0 Å². The fraction of sp³-hybridized carbons (Fsp3) is 0.190. The summed E-state index contributed by atoms with van der Waals surface area (Å²) in [4.78, 5) is 17.4. The van der Waals surface area contributed by atoms with Gasteiger partial charge in [-0.15, -0.1) is 0 Å². The van der Waals surface area contributed by atoms with Crippen LogP contribution in [0.2, 0.25) is 0 Å². The number of hydrogen-bond donors (Lipinski definition) is 1. The van der Waals surface area contributed by atoms with Crippen LogP contribution < -0.4 is 5.32 Å². The molecule has 0 spiro atoms. The van der Waals surface area contributed by atoms with Gasteiger partial charge in [0, 0.05) is 17.7 Å². The average Bonchev–Trinajstić information content (AvgIpc) is 3.21. The first-order valence-electron chi connectivity index (χ1n) is 8.80. The average molecular weight is 379 g/mol. The van der Waals surface area contributed by atoms with E-state index in [4.69, 9.17) is 8.94 Å². The maximum absolute atomic E-state index is 13.8. The van der Waals surface area contributed by atoms with Crippen LogP contribution in [0.15, 0.2) is 45.3 Å². The van der Waals surface area contributed by atoms with Crippen LogP contribution in [0.1, 0.15) is 33.1 Å². The van der Waals surface area contributed by atoms with Gasteiger partial charge in [0.05, 0.1) is 22.3 Å². The molecule has 0 bridgehead atoms. The Kier molecular flexibility index (Phi) is 4.43. The fourth-order valence-electron chi connectivity index (χ4n) is 3.21. The van der Waals surface area contributed by atoms with E-state index in [1.165, 1.54) is 6.07 Å². The van der Waals surface area contributed by atoms with E-state index >= 15 is 0 Å². The zero-order valence-electron chi connectivity index (χ0n) is 15.7. The second-order valence-corrected chi connectivity index (χ2v) is 6.60. The van der Waals surface area contributed by atoms with Gasteiger partial charge in [0.2, 0.25) is 0 Å². The lowest BCUT2D eigenvalue weighted by Crippen LogP contribution is -2.23. The number of rotatable bonds is 4. The minimum atomic E-state index is -0.367. The molecular weight excluding hydrogens is 361 g/mol. The number of pyridine rings is 1. The third-order valence-electron chi connectivity index (χ3n) is 4.58. The zero-order chi connectivity index (χ0) is 19.8. The van der Waals surface area contributed by atoms with Gasteiger partial charge in [0.15, 0.2) is 0 Å². The molecule has 142 valence electrons. The second kappa shape index (κ2) is 6.92. The molecule has 4 aromatic rings. The van der Waals surface area contributed by atoms with E-state index in [1.54, 1.807) is 31.2 Å². The molecule has 0 fully saturated rings. The minimum Gasteiger partial charge on any atom is -0.466 e. The molecule has 0 aliphatic heterocycles. The first-order valence-corrected chi connectivity index (χ1v) is 8.80. The monoisotopic (exact) mass is 379 g/mol. The van der Waals surface area contributed by atoms with Crippen molar-refractivity contribution in [1.29, 1.82) is 0 Å². The number of carbonyl (C=O) groups is 1. The van der Waals surface area contributed by atoms with Crippen LogP contribution in [0.4, 0.5) is 4.39 Å². The molecule has 1 amide bonds. The molecule has 0 aliphatic carbocycles. The van der Waals surface area contributed by atoms with Crippen LogP contribution in [-0.4, -0.2) is 16.0 Å².